The van der Waals surface area contributed by atoms with Crippen molar-refractivity contribution in [2.45, 2.75) is 58.2 Å². The highest BCUT2D eigenvalue weighted by molar-refractivity contribution is 5.68. The van der Waals surface area contributed by atoms with Gasteiger partial charge in [-0.25, -0.2) is 4.98 Å². The number of imidazole rings is 1. The number of allylic oxidation sites excluding steroid dienone is 2. The zero-order valence-electron chi connectivity index (χ0n) is 17.4. The molecule has 0 aliphatic heterocycles. The highest BCUT2D eigenvalue weighted by atomic mass is 19.4. The fourth-order valence-electron chi connectivity index (χ4n) is 5.62. The van der Waals surface area contributed by atoms with E-state index in [0.717, 1.165) is 29.5 Å². The summed E-state index contributed by atoms with van der Waals surface area (Å²) in [6.07, 6.45) is 5.29. The Hall–Kier alpha value is -2.28. The van der Waals surface area contributed by atoms with Gasteiger partial charge in [-0.05, 0) is 44.1 Å². The van der Waals surface area contributed by atoms with Crippen molar-refractivity contribution in [2.24, 2.45) is 11.8 Å². The molecule has 1 fully saturated rings. The predicted octanol–water partition coefficient (Wildman–Crippen LogP) is 5.29. The van der Waals surface area contributed by atoms with Crippen LogP contribution in [0.2, 0.25) is 0 Å². The summed E-state index contributed by atoms with van der Waals surface area (Å²) in [7, 11) is 0. The molecule has 7 heteroatoms. The summed E-state index contributed by atoms with van der Waals surface area (Å²) in [5.41, 5.74) is 5.07. The molecule has 0 spiro atoms. The Balaban J connectivity index is 1.90. The van der Waals surface area contributed by atoms with Crippen molar-refractivity contribution in [3.05, 3.63) is 59.5 Å². The SMILES string of the molecule is C=C(c1cn(CCO)c(C2C3=C(CC)CC[C@@H](C3)C2C(F)(F)F)c1C)n1ccnc1. The second-order valence-electron chi connectivity index (χ2n) is 8.42. The lowest BCUT2D eigenvalue weighted by Gasteiger charge is -2.28. The molecule has 2 aromatic heterocycles. The molecule has 2 aliphatic carbocycles. The Morgan fingerprint density at radius 1 is 1.37 bits per heavy atom. The number of rotatable bonds is 6. The molecule has 0 radical (unpaired) electrons. The van der Waals surface area contributed by atoms with E-state index in [0.29, 0.717) is 24.2 Å². The maximum Gasteiger partial charge on any atom is 0.393 e. The second kappa shape index (κ2) is 7.76. The van der Waals surface area contributed by atoms with Crippen LogP contribution in [0.15, 0.2) is 42.6 Å². The molecule has 1 N–H and O–H groups in total. The molecule has 2 heterocycles. The van der Waals surface area contributed by atoms with Crippen molar-refractivity contribution in [1.82, 2.24) is 14.1 Å². The lowest BCUT2D eigenvalue weighted by molar-refractivity contribution is -0.187. The topological polar surface area (TPSA) is 43.0 Å². The van der Waals surface area contributed by atoms with Crippen LogP contribution in [0.25, 0.3) is 5.70 Å². The van der Waals surface area contributed by atoms with Crippen molar-refractivity contribution >= 4 is 5.70 Å². The van der Waals surface area contributed by atoms with Gasteiger partial charge in [-0.3, -0.25) is 0 Å². The molecular formula is C23H28F3N3O. The number of aliphatic hydroxyl groups is 1. The van der Waals surface area contributed by atoms with E-state index in [9.17, 15) is 18.3 Å². The normalized spacial score (nSPS) is 24.0. The zero-order chi connectivity index (χ0) is 21.6. The zero-order valence-corrected chi connectivity index (χ0v) is 17.4. The number of alkyl halides is 3. The third-order valence-electron chi connectivity index (χ3n) is 6.95. The molecule has 4 rings (SSSR count). The quantitative estimate of drug-likeness (QED) is 0.647. The maximum atomic E-state index is 14.3. The number of hydrogen-bond acceptors (Lipinski definition) is 2. The smallest absolute Gasteiger partial charge is 0.393 e. The number of nitrogens with zero attached hydrogens (tertiary/aromatic N) is 3. The number of halogens is 3. The van der Waals surface area contributed by atoms with Gasteiger partial charge in [0.25, 0.3) is 0 Å². The molecule has 4 nitrogen and oxygen atoms in total. The number of aromatic nitrogens is 3. The molecule has 0 saturated heterocycles. The van der Waals surface area contributed by atoms with Gasteiger partial charge in [0.2, 0.25) is 0 Å². The first kappa shape index (κ1) is 21.0. The third kappa shape index (κ3) is 3.33. The molecule has 30 heavy (non-hydrogen) atoms. The minimum Gasteiger partial charge on any atom is -0.395 e. The maximum absolute atomic E-state index is 14.3. The van der Waals surface area contributed by atoms with Gasteiger partial charge >= 0.3 is 6.18 Å². The van der Waals surface area contributed by atoms with Gasteiger partial charge in [-0.15, -0.1) is 0 Å². The Morgan fingerprint density at radius 3 is 2.73 bits per heavy atom. The minimum absolute atomic E-state index is 0.134. The van der Waals surface area contributed by atoms with Crippen molar-refractivity contribution in [3.63, 3.8) is 0 Å². The Bertz CT molecular complexity index is 969. The molecular weight excluding hydrogens is 391 g/mol. The second-order valence-corrected chi connectivity index (χ2v) is 8.42. The Morgan fingerprint density at radius 2 is 2.13 bits per heavy atom. The summed E-state index contributed by atoms with van der Waals surface area (Å²) in [6, 6.07) is 0. The van der Waals surface area contributed by atoms with Gasteiger partial charge in [0.15, 0.2) is 0 Å². The van der Waals surface area contributed by atoms with E-state index in [-0.39, 0.29) is 19.1 Å². The summed E-state index contributed by atoms with van der Waals surface area (Å²) >= 11 is 0. The van der Waals surface area contributed by atoms with Crippen LogP contribution < -0.4 is 0 Å². The molecule has 2 aliphatic rings. The summed E-state index contributed by atoms with van der Waals surface area (Å²) in [5, 5.41) is 9.63. The fraction of sp³-hybridized carbons (Fsp3) is 0.522. The van der Waals surface area contributed by atoms with Crippen LogP contribution in [0.1, 0.15) is 55.3 Å². The molecule has 0 aromatic carbocycles. The van der Waals surface area contributed by atoms with Crippen LogP contribution in [0.5, 0.6) is 0 Å². The lowest BCUT2D eigenvalue weighted by Crippen LogP contribution is -2.31. The Kier molecular flexibility index (Phi) is 5.43. The lowest BCUT2D eigenvalue weighted by atomic mass is 9.84. The molecule has 2 aromatic rings. The summed E-state index contributed by atoms with van der Waals surface area (Å²) in [5.74, 6) is -2.43. The fourth-order valence-corrected chi connectivity index (χ4v) is 5.62. The van der Waals surface area contributed by atoms with Crippen LogP contribution in [-0.2, 0) is 6.54 Å². The van der Waals surface area contributed by atoms with Crippen LogP contribution >= 0.6 is 0 Å². The van der Waals surface area contributed by atoms with Crippen molar-refractivity contribution in [3.8, 4) is 0 Å². The van der Waals surface area contributed by atoms with Gasteiger partial charge in [0.1, 0.15) is 0 Å². The van der Waals surface area contributed by atoms with E-state index in [1.54, 1.807) is 23.3 Å². The van der Waals surface area contributed by atoms with Gasteiger partial charge in [-0.2, -0.15) is 13.2 Å². The van der Waals surface area contributed by atoms with Crippen LogP contribution in [0.4, 0.5) is 13.2 Å². The average molecular weight is 419 g/mol. The van der Waals surface area contributed by atoms with Crippen LogP contribution in [0, 0.1) is 18.8 Å². The molecule has 0 amide bonds. The summed E-state index contributed by atoms with van der Waals surface area (Å²) in [6.45, 7) is 8.18. The van der Waals surface area contributed by atoms with Gasteiger partial charge in [0.05, 0.1) is 18.9 Å². The van der Waals surface area contributed by atoms with Crippen molar-refractivity contribution in [2.75, 3.05) is 6.61 Å². The molecule has 1 saturated carbocycles. The van der Waals surface area contributed by atoms with Crippen LogP contribution in [0.3, 0.4) is 0 Å². The van der Waals surface area contributed by atoms with Crippen LogP contribution in [-0.4, -0.2) is 32.0 Å². The first-order valence-electron chi connectivity index (χ1n) is 10.5. The van der Waals surface area contributed by atoms with E-state index in [2.05, 4.69) is 11.6 Å². The van der Waals surface area contributed by atoms with Gasteiger partial charge < -0.3 is 14.2 Å². The van der Waals surface area contributed by atoms with E-state index >= 15 is 0 Å². The molecule has 162 valence electrons. The highest BCUT2D eigenvalue weighted by Crippen LogP contribution is 2.60. The number of fused-ring (bicyclic) bond motifs is 2. The number of hydrogen-bond donors (Lipinski definition) is 1. The first-order chi connectivity index (χ1) is 14.3. The average Bonchev–Trinajstić information content (AvgIpc) is 3.39. The van der Waals surface area contributed by atoms with Gasteiger partial charge in [-0.1, -0.05) is 24.6 Å². The largest absolute Gasteiger partial charge is 0.395 e. The summed E-state index contributed by atoms with van der Waals surface area (Å²) < 4.78 is 46.5. The Labute approximate surface area is 174 Å². The van der Waals surface area contributed by atoms with E-state index in [1.165, 1.54) is 5.57 Å². The van der Waals surface area contributed by atoms with E-state index < -0.39 is 18.0 Å². The third-order valence-corrected chi connectivity index (χ3v) is 6.95. The monoisotopic (exact) mass is 419 g/mol. The minimum atomic E-state index is -4.26. The molecule has 3 atom stereocenters. The first-order valence-corrected chi connectivity index (χ1v) is 10.5. The predicted molar refractivity (Wildman–Crippen MR) is 110 cm³/mol. The van der Waals surface area contributed by atoms with Gasteiger partial charge in [0, 0.05) is 48.0 Å². The summed E-state index contributed by atoms with van der Waals surface area (Å²) in [4.78, 5) is 4.05. The highest BCUT2D eigenvalue weighted by Gasteiger charge is 2.57. The van der Waals surface area contributed by atoms with E-state index in [4.69, 9.17) is 0 Å². The van der Waals surface area contributed by atoms with Crippen molar-refractivity contribution in [1.29, 1.82) is 0 Å². The molecule has 2 bridgehead atoms. The molecule has 2 unspecified atom stereocenters. The van der Waals surface area contributed by atoms with E-state index in [1.807, 2.05) is 24.6 Å². The number of aliphatic hydroxyl groups excluding tert-OH is 1. The standard InChI is InChI=1S/C23H28F3N3O/c1-4-16-5-6-17-11-18(16)20(21(17)23(24,25)26)22-14(2)19(12-28(22)9-10-30)15(3)29-8-7-27-13-29/h7-8,12-13,17,20-21,30H,3-6,9-11H2,1-2H3/t17-,20?,21?/m0/s1. The van der Waals surface area contributed by atoms with Crippen molar-refractivity contribution < 1.29 is 18.3 Å².